The Labute approximate surface area is 152 Å². The fourth-order valence-electron chi connectivity index (χ4n) is 2.82. The summed E-state index contributed by atoms with van der Waals surface area (Å²) in [6, 6.07) is 11.9. The molecule has 1 aliphatic heterocycles. The van der Waals surface area contributed by atoms with Gasteiger partial charge in [-0.15, -0.1) is 0 Å². The first kappa shape index (κ1) is 17.7. The molecule has 1 heterocycles. The Hall–Kier alpha value is -2.11. The van der Waals surface area contributed by atoms with Crippen LogP contribution in [0.2, 0.25) is 5.02 Å². The molecule has 2 aromatic carbocycles. The fraction of sp³-hybridized carbons (Fsp3) is 0.211. The monoisotopic (exact) mass is 375 g/mol. The van der Waals surface area contributed by atoms with Crippen LogP contribution in [-0.4, -0.2) is 26.1 Å². The Balaban J connectivity index is 2.09. The first-order valence-electron chi connectivity index (χ1n) is 7.85. The third-order valence-electron chi connectivity index (χ3n) is 4.33. The number of amides is 1. The van der Waals surface area contributed by atoms with Crippen LogP contribution in [0.1, 0.15) is 21.5 Å². The van der Waals surface area contributed by atoms with Crippen molar-refractivity contribution in [2.45, 2.75) is 19.9 Å². The molecule has 0 aromatic heterocycles. The summed E-state index contributed by atoms with van der Waals surface area (Å²) in [6.45, 7) is 3.94. The number of rotatable bonds is 3. The first-order valence-corrected chi connectivity index (χ1v) is 9.94. The lowest BCUT2D eigenvalue weighted by Crippen LogP contribution is -2.41. The summed E-state index contributed by atoms with van der Waals surface area (Å²) in [4.78, 5) is 14.7. The topological polar surface area (TPSA) is 54.5 Å². The second kappa shape index (κ2) is 6.65. The lowest BCUT2D eigenvalue weighted by Gasteiger charge is -2.28. The summed E-state index contributed by atoms with van der Waals surface area (Å²) in [5, 5.41) is 1.51. The number of anilines is 1. The molecule has 0 unspecified atom stereocenters. The number of carbonyl (C=O) groups excluding carboxylic acids is 1. The Morgan fingerprint density at radius 3 is 2.44 bits per heavy atom. The summed E-state index contributed by atoms with van der Waals surface area (Å²) in [7, 11) is -3.30. The molecule has 6 heteroatoms. The van der Waals surface area contributed by atoms with Gasteiger partial charge in [0, 0.05) is 11.1 Å². The highest BCUT2D eigenvalue weighted by Gasteiger charge is 2.32. The van der Waals surface area contributed by atoms with Gasteiger partial charge < -0.3 is 4.90 Å². The van der Waals surface area contributed by atoms with Crippen molar-refractivity contribution >= 4 is 33.0 Å². The van der Waals surface area contributed by atoms with Gasteiger partial charge in [-0.05, 0) is 55.3 Å². The van der Waals surface area contributed by atoms with Crippen molar-refractivity contribution in [2.24, 2.45) is 0 Å². The number of benzene rings is 2. The highest BCUT2D eigenvalue weighted by atomic mass is 35.5. The molecule has 3 rings (SSSR count). The zero-order chi connectivity index (χ0) is 18.2. The molecule has 0 saturated heterocycles. The third-order valence-corrected chi connectivity index (χ3v) is 6.04. The van der Waals surface area contributed by atoms with E-state index in [-0.39, 0.29) is 11.7 Å². The molecule has 0 fully saturated rings. The molecule has 0 bridgehead atoms. The van der Waals surface area contributed by atoms with E-state index in [2.05, 4.69) is 0 Å². The Kier molecular flexibility index (Phi) is 4.71. The minimum Gasteiger partial charge on any atom is -0.300 e. The van der Waals surface area contributed by atoms with Gasteiger partial charge in [0.2, 0.25) is 0 Å². The zero-order valence-corrected chi connectivity index (χ0v) is 15.5. The minimum absolute atomic E-state index is 0.129. The number of hydrogen-bond donors (Lipinski definition) is 0. The summed E-state index contributed by atoms with van der Waals surface area (Å²) in [6.07, 6.45) is 1.55. The Morgan fingerprint density at radius 2 is 1.84 bits per heavy atom. The highest BCUT2D eigenvalue weighted by molar-refractivity contribution is 7.94. The van der Waals surface area contributed by atoms with Crippen LogP contribution in [-0.2, 0) is 9.84 Å². The van der Waals surface area contributed by atoms with Gasteiger partial charge in [0.1, 0.15) is 0 Å². The van der Waals surface area contributed by atoms with Crippen molar-refractivity contribution in [3.63, 3.8) is 0 Å². The van der Waals surface area contributed by atoms with Crippen LogP contribution >= 0.6 is 11.6 Å². The molecule has 1 aliphatic rings. The van der Waals surface area contributed by atoms with Gasteiger partial charge in [0.15, 0.2) is 9.84 Å². The largest absolute Gasteiger partial charge is 0.300 e. The smallest absolute Gasteiger partial charge is 0.260 e. The lowest BCUT2D eigenvalue weighted by molar-refractivity contribution is 0.0983. The Morgan fingerprint density at radius 1 is 1.12 bits per heavy atom. The number of sulfone groups is 1. The predicted octanol–water partition coefficient (Wildman–Crippen LogP) is 3.91. The molecule has 130 valence electrons. The summed E-state index contributed by atoms with van der Waals surface area (Å²) < 4.78 is 23.7. The molecule has 0 saturated carbocycles. The van der Waals surface area contributed by atoms with E-state index in [0.29, 0.717) is 16.3 Å². The number of nitrogens with zero attached hydrogens (tertiary/aromatic N) is 1. The maximum Gasteiger partial charge on any atom is 0.260 e. The molecule has 1 amide bonds. The SMILES string of the molecule is Cc1ccc(N(C(=O)c2ccccc2Cl)[C@H]2C=CS(=O)(=O)C2)cc1C. The lowest BCUT2D eigenvalue weighted by atomic mass is 10.1. The molecule has 2 aromatic rings. The highest BCUT2D eigenvalue weighted by Crippen LogP contribution is 2.28. The standard InChI is InChI=1S/C19H18ClNO3S/c1-13-7-8-15(11-14(13)2)21(16-9-10-25(23,24)12-16)19(22)17-5-3-4-6-18(17)20/h3-11,16H,12H2,1-2H3/t16-/m0/s1. The average molecular weight is 376 g/mol. The summed E-state index contributed by atoms with van der Waals surface area (Å²) >= 11 is 6.19. The van der Waals surface area contributed by atoms with Crippen molar-refractivity contribution in [3.8, 4) is 0 Å². The van der Waals surface area contributed by atoms with Gasteiger partial charge in [0.25, 0.3) is 5.91 Å². The maximum absolute atomic E-state index is 13.2. The summed E-state index contributed by atoms with van der Waals surface area (Å²) in [5.41, 5.74) is 3.13. The first-order chi connectivity index (χ1) is 11.8. The van der Waals surface area contributed by atoms with Crippen LogP contribution in [0, 0.1) is 13.8 Å². The van der Waals surface area contributed by atoms with Crippen LogP contribution in [0.25, 0.3) is 0 Å². The van der Waals surface area contributed by atoms with Crippen LogP contribution < -0.4 is 4.90 Å². The molecule has 0 spiro atoms. The summed E-state index contributed by atoms with van der Waals surface area (Å²) in [5.74, 6) is -0.448. The van der Waals surface area contributed by atoms with E-state index in [9.17, 15) is 13.2 Å². The quantitative estimate of drug-likeness (QED) is 0.817. The molecular formula is C19H18ClNO3S. The number of aryl methyl sites for hydroxylation is 2. The van der Waals surface area contributed by atoms with E-state index in [1.54, 1.807) is 30.3 Å². The second-order valence-electron chi connectivity index (χ2n) is 6.15. The van der Waals surface area contributed by atoms with E-state index in [0.717, 1.165) is 11.1 Å². The van der Waals surface area contributed by atoms with Gasteiger partial charge in [0.05, 0.1) is 22.4 Å². The number of carbonyl (C=O) groups is 1. The Bertz CT molecular complexity index is 966. The van der Waals surface area contributed by atoms with Crippen molar-refractivity contribution < 1.29 is 13.2 Å². The van der Waals surface area contributed by atoms with Gasteiger partial charge in [-0.3, -0.25) is 4.79 Å². The minimum atomic E-state index is -3.30. The van der Waals surface area contributed by atoms with E-state index < -0.39 is 15.9 Å². The van der Waals surface area contributed by atoms with Crippen molar-refractivity contribution in [3.05, 3.63) is 75.7 Å². The zero-order valence-electron chi connectivity index (χ0n) is 13.9. The van der Waals surface area contributed by atoms with Crippen molar-refractivity contribution in [2.75, 3.05) is 10.7 Å². The third kappa shape index (κ3) is 3.62. The van der Waals surface area contributed by atoms with Crippen molar-refractivity contribution in [1.29, 1.82) is 0 Å². The van der Waals surface area contributed by atoms with Crippen LogP contribution in [0.5, 0.6) is 0 Å². The van der Waals surface area contributed by atoms with E-state index in [4.69, 9.17) is 11.6 Å². The van der Waals surface area contributed by atoms with Gasteiger partial charge in [-0.25, -0.2) is 8.42 Å². The molecule has 0 aliphatic carbocycles. The predicted molar refractivity (Wildman–Crippen MR) is 101 cm³/mol. The average Bonchev–Trinajstić information content (AvgIpc) is 2.91. The van der Waals surface area contributed by atoms with Crippen LogP contribution in [0.15, 0.2) is 53.9 Å². The van der Waals surface area contributed by atoms with Crippen LogP contribution in [0.4, 0.5) is 5.69 Å². The number of halogens is 1. The van der Waals surface area contributed by atoms with E-state index in [1.807, 2.05) is 32.0 Å². The van der Waals surface area contributed by atoms with E-state index >= 15 is 0 Å². The molecule has 1 atom stereocenters. The molecule has 25 heavy (non-hydrogen) atoms. The fourth-order valence-corrected chi connectivity index (χ4v) is 4.30. The molecule has 0 radical (unpaired) electrons. The number of hydrogen-bond acceptors (Lipinski definition) is 3. The van der Waals surface area contributed by atoms with Crippen molar-refractivity contribution in [1.82, 2.24) is 0 Å². The normalized spacial score (nSPS) is 18.3. The van der Waals surface area contributed by atoms with Gasteiger partial charge >= 0.3 is 0 Å². The van der Waals surface area contributed by atoms with Gasteiger partial charge in [-0.1, -0.05) is 29.8 Å². The van der Waals surface area contributed by atoms with Gasteiger partial charge in [-0.2, -0.15) is 0 Å². The maximum atomic E-state index is 13.2. The van der Waals surface area contributed by atoms with E-state index in [1.165, 1.54) is 10.3 Å². The molecule has 4 nitrogen and oxygen atoms in total. The molecular weight excluding hydrogens is 358 g/mol. The van der Waals surface area contributed by atoms with Crippen LogP contribution in [0.3, 0.4) is 0 Å². The second-order valence-corrected chi connectivity index (χ2v) is 8.49. The molecule has 0 N–H and O–H groups in total.